The van der Waals surface area contributed by atoms with E-state index in [1.165, 1.54) is 0 Å². The van der Waals surface area contributed by atoms with Crippen molar-refractivity contribution in [3.63, 3.8) is 0 Å². The van der Waals surface area contributed by atoms with Gasteiger partial charge in [-0.15, -0.1) is 0 Å². The van der Waals surface area contributed by atoms with Gasteiger partial charge < -0.3 is 10.2 Å². The quantitative estimate of drug-likeness (QED) is 0.943. The number of nitriles is 2. The first-order chi connectivity index (χ1) is 11.3. The van der Waals surface area contributed by atoms with Gasteiger partial charge >= 0.3 is 0 Å². The third kappa shape index (κ3) is 3.25. The Labute approximate surface area is 135 Å². The Morgan fingerprint density at radius 3 is 2.70 bits per heavy atom. The van der Waals surface area contributed by atoms with E-state index in [1.807, 2.05) is 24.3 Å². The molecular weight excluding hydrogens is 286 g/mol. The van der Waals surface area contributed by atoms with Crippen LogP contribution in [0.3, 0.4) is 0 Å². The van der Waals surface area contributed by atoms with Crippen LogP contribution in [0.25, 0.3) is 0 Å². The standard InChI is InChI=1S/C18H17N5/c19-11-14-5-1-2-8-17(14)23-10-4-7-16(13-23)22-18-15(12-20)6-3-9-21-18/h1-3,5-6,8-9,16H,4,7,10,13H2,(H,21,22). The second-order valence-corrected chi connectivity index (χ2v) is 5.57. The molecule has 0 aliphatic carbocycles. The second kappa shape index (κ2) is 6.81. The molecule has 0 radical (unpaired) electrons. The number of rotatable bonds is 3. The summed E-state index contributed by atoms with van der Waals surface area (Å²) in [5.74, 6) is 0.635. The molecule has 1 N–H and O–H groups in total. The SMILES string of the molecule is N#Cc1ccccc1N1CCCC(Nc2ncccc2C#N)C1. The van der Waals surface area contributed by atoms with Crippen LogP contribution < -0.4 is 10.2 Å². The molecule has 114 valence electrons. The fraction of sp³-hybridized carbons (Fsp3) is 0.278. The summed E-state index contributed by atoms with van der Waals surface area (Å²) >= 11 is 0. The summed E-state index contributed by atoms with van der Waals surface area (Å²) in [5, 5.41) is 21.8. The Kier molecular flexibility index (Phi) is 4.40. The molecule has 2 aromatic rings. The van der Waals surface area contributed by atoms with E-state index in [2.05, 4.69) is 27.3 Å². The van der Waals surface area contributed by atoms with Gasteiger partial charge in [-0.25, -0.2) is 4.98 Å². The largest absolute Gasteiger partial charge is 0.368 e. The van der Waals surface area contributed by atoms with Gasteiger partial charge in [0.2, 0.25) is 0 Å². The minimum atomic E-state index is 0.206. The zero-order valence-corrected chi connectivity index (χ0v) is 12.7. The van der Waals surface area contributed by atoms with E-state index in [0.29, 0.717) is 16.9 Å². The lowest BCUT2D eigenvalue weighted by atomic mass is 10.0. The first-order valence-electron chi connectivity index (χ1n) is 7.67. The number of anilines is 2. The molecule has 1 aromatic carbocycles. The van der Waals surface area contributed by atoms with Crippen LogP contribution in [0.1, 0.15) is 24.0 Å². The van der Waals surface area contributed by atoms with Crippen molar-refractivity contribution in [3.8, 4) is 12.1 Å². The maximum absolute atomic E-state index is 9.28. The topological polar surface area (TPSA) is 75.7 Å². The van der Waals surface area contributed by atoms with Crippen molar-refractivity contribution in [3.05, 3.63) is 53.7 Å². The molecule has 0 amide bonds. The van der Waals surface area contributed by atoms with Gasteiger partial charge in [0, 0.05) is 25.3 Å². The fourth-order valence-electron chi connectivity index (χ4n) is 2.96. The molecule has 0 spiro atoms. The van der Waals surface area contributed by atoms with E-state index < -0.39 is 0 Å². The molecule has 5 nitrogen and oxygen atoms in total. The van der Waals surface area contributed by atoms with Crippen LogP contribution in [0.5, 0.6) is 0 Å². The predicted octanol–water partition coefficient (Wildman–Crippen LogP) is 2.91. The Bertz CT molecular complexity index is 771. The van der Waals surface area contributed by atoms with Crippen molar-refractivity contribution in [1.82, 2.24) is 4.98 Å². The molecule has 1 saturated heterocycles. The van der Waals surface area contributed by atoms with Crippen molar-refractivity contribution in [1.29, 1.82) is 10.5 Å². The van der Waals surface area contributed by atoms with Crippen molar-refractivity contribution < 1.29 is 0 Å². The molecule has 5 heteroatoms. The molecule has 1 fully saturated rings. The van der Waals surface area contributed by atoms with Crippen LogP contribution in [0.15, 0.2) is 42.6 Å². The summed E-state index contributed by atoms with van der Waals surface area (Å²) in [4.78, 5) is 6.50. The molecule has 0 saturated carbocycles. The van der Waals surface area contributed by atoms with Crippen LogP contribution in [-0.2, 0) is 0 Å². The third-order valence-electron chi connectivity index (χ3n) is 4.06. The number of hydrogen-bond acceptors (Lipinski definition) is 5. The summed E-state index contributed by atoms with van der Waals surface area (Å²) in [6.45, 7) is 1.73. The number of pyridine rings is 1. The maximum atomic E-state index is 9.28. The van der Waals surface area contributed by atoms with E-state index in [1.54, 1.807) is 18.3 Å². The number of nitrogens with zero attached hydrogens (tertiary/aromatic N) is 4. The van der Waals surface area contributed by atoms with E-state index >= 15 is 0 Å². The Morgan fingerprint density at radius 2 is 1.87 bits per heavy atom. The highest BCUT2D eigenvalue weighted by Crippen LogP contribution is 2.25. The van der Waals surface area contributed by atoms with Gasteiger partial charge in [0.05, 0.1) is 16.8 Å². The summed E-state index contributed by atoms with van der Waals surface area (Å²) in [7, 11) is 0. The molecule has 1 aromatic heterocycles. The molecule has 3 rings (SSSR count). The van der Waals surface area contributed by atoms with Gasteiger partial charge in [-0.1, -0.05) is 12.1 Å². The van der Waals surface area contributed by atoms with E-state index in [-0.39, 0.29) is 6.04 Å². The number of piperidine rings is 1. The lowest BCUT2D eigenvalue weighted by Gasteiger charge is -2.35. The van der Waals surface area contributed by atoms with Crippen LogP contribution in [0.4, 0.5) is 11.5 Å². The number of para-hydroxylation sites is 1. The summed E-state index contributed by atoms with van der Waals surface area (Å²) in [6, 6.07) is 15.8. The molecular formula is C18H17N5. The van der Waals surface area contributed by atoms with Crippen molar-refractivity contribution in [2.24, 2.45) is 0 Å². The molecule has 1 atom stereocenters. The van der Waals surface area contributed by atoms with Gasteiger partial charge in [0.1, 0.15) is 18.0 Å². The highest BCUT2D eigenvalue weighted by Gasteiger charge is 2.22. The third-order valence-corrected chi connectivity index (χ3v) is 4.06. The smallest absolute Gasteiger partial charge is 0.144 e. The van der Waals surface area contributed by atoms with Gasteiger partial charge in [-0.2, -0.15) is 10.5 Å². The maximum Gasteiger partial charge on any atom is 0.144 e. The van der Waals surface area contributed by atoms with Crippen LogP contribution >= 0.6 is 0 Å². The molecule has 1 unspecified atom stereocenters. The van der Waals surface area contributed by atoms with Gasteiger partial charge in [-0.3, -0.25) is 0 Å². The average molecular weight is 303 g/mol. The predicted molar refractivity (Wildman–Crippen MR) is 89.0 cm³/mol. The lowest BCUT2D eigenvalue weighted by Crippen LogP contribution is -2.42. The lowest BCUT2D eigenvalue weighted by molar-refractivity contribution is 0.528. The van der Waals surface area contributed by atoms with Crippen LogP contribution in [0, 0.1) is 22.7 Å². The van der Waals surface area contributed by atoms with Crippen molar-refractivity contribution in [2.75, 3.05) is 23.3 Å². The highest BCUT2D eigenvalue weighted by atomic mass is 15.2. The first-order valence-corrected chi connectivity index (χ1v) is 7.67. The summed E-state index contributed by atoms with van der Waals surface area (Å²) in [5.41, 5.74) is 2.23. The molecule has 1 aliphatic rings. The minimum absolute atomic E-state index is 0.206. The average Bonchev–Trinajstić information content (AvgIpc) is 2.62. The normalized spacial score (nSPS) is 17.1. The number of aromatic nitrogens is 1. The van der Waals surface area contributed by atoms with E-state index in [9.17, 15) is 5.26 Å². The molecule has 1 aliphatic heterocycles. The molecule has 0 bridgehead atoms. The van der Waals surface area contributed by atoms with E-state index in [4.69, 9.17) is 5.26 Å². The highest BCUT2D eigenvalue weighted by molar-refractivity contribution is 5.60. The minimum Gasteiger partial charge on any atom is -0.368 e. The van der Waals surface area contributed by atoms with E-state index in [0.717, 1.165) is 31.6 Å². The zero-order valence-electron chi connectivity index (χ0n) is 12.7. The van der Waals surface area contributed by atoms with Gasteiger partial charge in [0.15, 0.2) is 0 Å². The first kappa shape index (κ1) is 14.9. The number of benzene rings is 1. The van der Waals surface area contributed by atoms with Crippen LogP contribution in [-0.4, -0.2) is 24.1 Å². The second-order valence-electron chi connectivity index (χ2n) is 5.57. The Hall–Kier alpha value is -3.05. The van der Waals surface area contributed by atoms with Crippen molar-refractivity contribution in [2.45, 2.75) is 18.9 Å². The Balaban J connectivity index is 1.77. The van der Waals surface area contributed by atoms with Crippen LogP contribution in [0.2, 0.25) is 0 Å². The molecule has 2 heterocycles. The fourth-order valence-corrected chi connectivity index (χ4v) is 2.96. The van der Waals surface area contributed by atoms with Gasteiger partial charge in [-0.05, 0) is 37.1 Å². The van der Waals surface area contributed by atoms with Crippen molar-refractivity contribution >= 4 is 11.5 Å². The molecule has 23 heavy (non-hydrogen) atoms. The number of nitrogens with one attached hydrogen (secondary N) is 1. The zero-order chi connectivity index (χ0) is 16.1. The van der Waals surface area contributed by atoms with Gasteiger partial charge in [0.25, 0.3) is 0 Å². The monoisotopic (exact) mass is 303 g/mol. The summed E-state index contributed by atoms with van der Waals surface area (Å²) in [6.07, 6.45) is 3.74. The summed E-state index contributed by atoms with van der Waals surface area (Å²) < 4.78 is 0. The number of hydrogen-bond donors (Lipinski definition) is 1. The Morgan fingerprint density at radius 1 is 1.09 bits per heavy atom.